The Morgan fingerprint density at radius 2 is 1.13 bits per heavy atom. The van der Waals surface area contributed by atoms with Gasteiger partial charge in [0, 0.05) is 0 Å². The van der Waals surface area contributed by atoms with Crippen LogP contribution < -0.4 is 5.32 Å². The van der Waals surface area contributed by atoms with Gasteiger partial charge in [0.25, 0.3) is 0 Å². The van der Waals surface area contributed by atoms with Crippen LogP contribution in [0.4, 0.5) is 4.79 Å². The third-order valence-corrected chi connectivity index (χ3v) is 5.32. The summed E-state index contributed by atoms with van der Waals surface area (Å²) in [4.78, 5) is 23.6. The van der Waals surface area contributed by atoms with Crippen LogP contribution in [0.25, 0.3) is 0 Å². The Kier molecular flexibility index (Phi) is 18.6. The van der Waals surface area contributed by atoms with Crippen molar-refractivity contribution in [1.29, 1.82) is 0 Å². The standard InChI is InChI=1S/C26H51NO4/c1-6-7-8-9-10-11-12-13-14-15-16-17-18-19-20-21-30-24(28)23(2)27-25(29)31-22-26(3,4)5/h23H,6-22H2,1-5H3,(H,27,29)/t23-/m0/s1. The van der Waals surface area contributed by atoms with E-state index < -0.39 is 18.1 Å². The highest BCUT2D eigenvalue weighted by atomic mass is 16.6. The average molecular weight is 442 g/mol. The molecule has 5 heteroatoms. The zero-order valence-corrected chi connectivity index (χ0v) is 21.2. The van der Waals surface area contributed by atoms with Gasteiger partial charge in [-0.15, -0.1) is 0 Å². The van der Waals surface area contributed by atoms with Gasteiger partial charge < -0.3 is 14.8 Å². The molecule has 1 amide bonds. The van der Waals surface area contributed by atoms with Crippen molar-refractivity contribution in [3.63, 3.8) is 0 Å². The van der Waals surface area contributed by atoms with Crippen LogP contribution in [0, 0.1) is 5.41 Å². The zero-order chi connectivity index (χ0) is 23.4. The zero-order valence-electron chi connectivity index (χ0n) is 21.2. The second kappa shape index (κ2) is 19.4. The van der Waals surface area contributed by atoms with Gasteiger partial charge in [0.1, 0.15) is 6.04 Å². The van der Waals surface area contributed by atoms with Crippen molar-refractivity contribution < 1.29 is 19.1 Å². The highest BCUT2D eigenvalue weighted by Crippen LogP contribution is 2.14. The number of rotatable bonds is 19. The van der Waals surface area contributed by atoms with E-state index in [0.717, 1.165) is 12.8 Å². The first-order valence-electron chi connectivity index (χ1n) is 12.9. The topological polar surface area (TPSA) is 64.6 Å². The molecule has 1 atom stereocenters. The van der Waals surface area contributed by atoms with Crippen molar-refractivity contribution in [2.45, 2.75) is 137 Å². The SMILES string of the molecule is CCCCCCCCCCCCCCCCCOC(=O)[C@H](C)NC(=O)OCC(C)(C)C. The average Bonchev–Trinajstić information content (AvgIpc) is 2.71. The van der Waals surface area contributed by atoms with Gasteiger partial charge in [0.2, 0.25) is 0 Å². The number of unbranched alkanes of at least 4 members (excludes halogenated alkanes) is 14. The molecular formula is C26H51NO4. The maximum absolute atomic E-state index is 11.9. The minimum Gasteiger partial charge on any atom is -0.464 e. The van der Waals surface area contributed by atoms with Gasteiger partial charge >= 0.3 is 12.1 Å². The number of carbonyl (C=O) groups is 2. The minimum atomic E-state index is -0.691. The number of alkyl carbamates (subject to hydrolysis) is 1. The van der Waals surface area contributed by atoms with E-state index in [9.17, 15) is 9.59 Å². The number of carbonyl (C=O) groups excluding carboxylic acids is 2. The van der Waals surface area contributed by atoms with Gasteiger partial charge in [-0.05, 0) is 18.8 Å². The summed E-state index contributed by atoms with van der Waals surface area (Å²) in [6, 6.07) is -0.691. The van der Waals surface area contributed by atoms with Crippen LogP contribution in [0.2, 0.25) is 0 Å². The van der Waals surface area contributed by atoms with Gasteiger partial charge in [0.05, 0.1) is 13.2 Å². The van der Waals surface area contributed by atoms with Gasteiger partial charge in [-0.3, -0.25) is 0 Å². The van der Waals surface area contributed by atoms with Crippen LogP contribution in [0.3, 0.4) is 0 Å². The van der Waals surface area contributed by atoms with E-state index in [-0.39, 0.29) is 5.41 Å². The Morgan fingerprint density at radius 1 is 0.710 bits per heavy atom. The summed E-state index contributed by atoms with van der Waals surface area (Å²) in [7, 11) is 0. The summed E-state index contributed by atoms with van der Waals surface area (Å²) >= 11 is 0. The summed E-state index contributed by atoms with van der Waals surface area (Å²) in [5, 5.41) is 2.52. The minimum absolute atomic E-state index is 0.103. The van der Waals surface area contributed by atoms with Crippen molar-refractivity contribution >= 4 is 12.1 Å². The lowest BCUT2D eigenvalue weighted by molar-refractivity contribution is -0.145. The first kappa shape index (κ1) is 29.7. The number of esters is 1. The Morgan fingerprint density at radius 3 is 1.55 bits per heavy atom. The van der Waals surface area contributed by atoms with E-state index in [1.165, 1.54) is 83.5 Å². The summed E-state index contributed by atoms with van der Waals surface area (Å²) in [6.07, 6.45) is 19.1. The third-order valence-electron chi connectivity index (χ3n) is 5.32. The molecule has 0 bridgehead atoms. The summed E-state index contributed by atoms with van der Waals surface area (Å²) in [5.74, 6) is -0.405. The van der Waals surface area contributed by atoms with Crippen LogP contribution in [-0.2, 0) is 14.3 Å². The number of hydrogen-bond acceptors (Lipinski definition) is 4. The predicted molar refractivity (Wildman–Crippen MR) is 129 cm³/mol. The third kappa shape index (κ3) is 21.7. The van der Waals surface area contributed by atoms with Gasteiger partial charge in [-0.1, -0.05) is 118 Å². The smallest absolute Gasteiger partial charge is 0.407 e. The Balaban J connectivity index is 3.42. The molecule has 0 aliphatic carbocycles. The lowest BCUT2D eigenvalue weighted by Gasteiger charge is -2.19. The fraction of sp³-hybridized carbons (Fsp3) is 0.923. The van der Waals surface area contributed by atoms with E-state index in [0.29, 0.717) is 13.2 Å². The molecule has 0 aliphatic heterocycles. The van der Waals surface area contributed by atoms with Crippen molar-refractivity contribution in [3.05, 3.63) is 0 Å². The molecule has 0 saturated heterocycles. The highest BCUT2D eigenvalue weighted by Gasteiger charge is 2.19. The van der Waals surface area contributed by atoms with E-state index in [4.69, 9.17) is 9.47 Å². The molecule has 0 saturated carbocycles. The van der Waals surface area contributed by atoms with Crippen molar-refractivity contribution in [2.24, 2.45) is 5.41 Å². The lowest BCUT2D eigenvalue weighted by atomic mass is 9.99. The van der Waals surface area contributed by atoms with E-state index in [1.54, 1.807) is 6.92 Å². The van der Waals surface area contributed by atoms with E-state index in [2.05, 4.69) is 12.2 Å². The number of nitrogens with one attached hydrogen (secondary N) is 1. The number of hydrogen-bond donors (Lipinski definition) is 1. The maximum Gasteiger partial charge on any atom is 0.407 e. The molecule has 1 N–H and O–H groups in total. The highest BCUT2D eigenvalue weighted by molar-refractivity contribution is 5.80. The van der Waals surface area contributed by atoms with Crippen molar-refractivity contribution in [3.8, 4) is 0 Å². The molecule has 0 rings (SSSR count). The fourth-order valence-corrected chi connectivity index (χ4v) is 3.33. The van der Waals surface area contributed by atoms with Crippen molar-refractivity contribution in [2.75, 3.05) is 13.2 Å². The molecule has 0 radical (unpaired) electrons. The Bertz CT molecular complexity index is 445. The molecule has 0 aromatic heterocycles. The number of amides is 1. The van der Waals surface area contributed by atoms with Crippen LogP contribution in [-0.4, -0.2) is 31.3 Å². The van der Waals surface area contributed by atoms with Crippen LogP contribution in [0.5, 0.6) is 0 Å². The van der Waals surface area contributed by atoms with Gasteiger partial charge in [-0.2, -0.15) is 0 Å². The Hall–Kier alpha value is -1.26. The van der Waals surface area contributed by atoms with Gasteiger partial charge in [0.15, 0.2) is 0 Å². The molecule has 0 unspecified atom stereocenters. The summed E-state index contributed by atoms with van der Waals surface area (Å²) in [5.41, 5.74) is -0.103. The first-order valence-corrected chi connectivity index (χ1v) is 12.9. The second-order valence-electron chi connectivity index (χ2n) is 10.1. The maximum atomic E-state index is 11.9. The van der Waals surface area contributed by atoms with Crippen LogP contribution in [0.1, 0.15) is 131 Å². The molecular weight excluding hydrogens is 390 g/mol. The largest absolute Gasteiger partial charge is 0.464 e. The van der Waals surface area contributed by atoms with E-state index in [1.807, 2.05) is 20.8 Å². The summed E-state index contributed by atoms with van der Waals surface area (Å²) < 4.78 is 10.4. The molecule has 31 heavy (non-hydrogen) atoms. The molecule has 0 aliphatic rings. The summed E-state index contributed by atoms with van der Waals surface area (Å²) in [6.45, 7) is 10.6. The first-order chi connectivity index (χ1) is 14.8. The molecule has 0 spiro atoms. The molecule has 184 valence electrons. The molecule has 0 aromatic carbocycles. The van der Waals surface area contributed by atoms with E-state index >= 15 is 0 Å². The van der Waals surface area contributed by atoms with Crippen molar-refractivity contribution in [1.82, 2.24) is 5.32 Å². The second-order valence-corrected chi connectivity index (χ2v) is 10.1. The monoisotopic (exact) mass is 441 g/mol. The quantitative estimate of drug-likeness (QED) is 0.166. The Labute approximate surface area is 192 Å². The molecule has 0 heterocycles. The molecule has 0 fully saturated rings. The van der Waals surface area contributed by atoms with Crippen LogP contribution in [0.15, 0.2) is 0 Å². The molecule has 0 aromatic rings. The lowest BCUT2D eigenvalue weighted by Crippen LogP contribution is -2.40. The number of ether oxygens (including phenoxy) is 2. The van der Waals surface area contributed by atoms with Crippen LogP contribution >= 0.6 is 0 Å². The molecule has 5 nitrogen and oxygen atoms in total. The normalized spacial score (nSPS) is 12.4. The predicted octanol–water partition coefficient (Wildman–Crippen LogP) is 7.56. The fourth-order valence-electron chi connectivity index (χ4n) is 3.33. The van der Waals surface area contributed by atoms with Gasteiger partial charge in [-0.25, -0.2) is 9.59 Å².